The molecular weight excluding hydrogens is 260 g/mol. The summed E-state index contributed by atoms with van der Waals surface area (Å²) in [6, 6.07) is 0. The van der Waals surface area contributed by atoms with E-state index in [1.165, 1.54) is 0 Å². The van der Waals surface area contributed by atoms with Crippen LogP contribution in [-0.4, -0.2) is 28.5 Å². The molecule has 0 aromatic carbocycles. The van der Waals surface area contributed by atoms with Crippen LogP contribution in [-0.2, 0) is 14.2 Å². The normalized spacial score (nSPS) is 11.8. The number of aliphatic carboxylic acids is 1. The first-order valence-electron chi connectivity index (χ1n) is 2.55. The fourth-order valence-corrected chi connectivity index (χ4v) is 0.971. The molecule has 0 aromatic heterocycles. The molecule has 0 heterocycles. The third-order valence-corrected chi connectivity index (χ3v) is 2.16. The van der Waals surface area contributed by atoms with E-state index in [0.717, 1.165) is 0 Å². The number of hydrogen-bond acceptors (Lipinski definition) is 6. The van der Waals surface area contributed by atoms with Crippen LogP contribution in [0.5, 0.6) is 0 Å². The molecule has 0 amide bonds. The van der Waals surface area contributed by atoms with Crippen molar-refractivity contribution in [2.24, 2.45) is 0 Å². The van der Waals surface area contributed by atoms with Crippen LogP contribution in [0, 0.1) is 0 Å². The van der Waals surface area contributed by atoms with Crippen molar-refractivity contribution in [3.8, 4) is 0 Å². The molecule has 7 nitrogen and oxygen atoms in total. The molecule has 68 valence electrons. The van der Waals surface area contributed by atoms with Crippen LogP contribution in [0.25, 0.3) is 0 Å². The zero-order valence-corrected chi connectivity index (χ0v) is 15.4. The molecule has 0 radical (unpaired) electrons. The van der Waals surface area contributed by atoms with Crippen LogP contribution in [0.15, 0.2) is 0 Å². The van der Waals surface area contributed by atoms with Gasteiger partial charge in [0.1, 0.15) is 11.7 Å². The summed E-state index contributed by atoms with van der Waals surface area (Å²) < 4.78 is 10.4. The molecule has 11 heteroatoms. The van der Waals surface area contributed by atoms with Gasteiger partial charge in [-0.15, -0.1) is 0 Å². The SMILES string of the molecule is O=C([O-])C(=O)CP(=O)(O)C(=O)[O-].[Na+].[Na+].[Na+]. The average Bonchev–Trinajstić information content (AvgIpc) is 1.85. The van der Waals surface area contributed by atoms with Gasteiger partial charge in [-0.3, -0.25) is 9.36 Å². The van der Waals surface area contributed by atoms with Crippen LogP contribution in [0.1, 0.15) is 0 Å². The van der Waals surface area contributed by atoms with Gasteiger partial charge in [-0.2, -0.15) is 0 Å². The molecule has 0 aliphatic carbocycles. The first-order valence-corrected chi connectivity index (χ1v) is 4.39. The molecule has 0 rings (SSSR count). The van der Waals surface area contributed by atoms with Gasteiger partial charge in [0.25, 0.3) is 7.37 Å². The molecule has 0 aliphatic rings. The number of rotatable bonds is 4. The summed E-state index contributed by atoms with van der Waals surface area (Å²) in [6.07, 6.45) is -1.50. The minimum absolute atomic E-state index is 0. The van der Waals surface area contributed by atoms with Crippen LogP contribution in [0.3, 0.4) is 0 Å². The molecule has 1 N–H and O–H groups in total. The van der Waals surface area contributed by atoms with Gasteiger partial charge in [-0.05, 0) is 0 Å². The van der Waals surface area contributed by atoms with E-state index in [1.54, 1.807) is 0 Å². The minimum Gasteiger partial charge on any atom is -0.542 e. The molecular formula is C4H3Na3O7P+. The van der Waals surface area contributed by atoms with E-state index < -0.39 is 31.0 Å². The Balaban J connectivity index is -0.000000202. The van der Waals surface area contributed by atoms with Gasteiger partial charge in [0, 0.05) is 0 Å². The van der Waals surface area contributed by atoms with Gasteiger partial charge in [-0.1, -0.05) is 0 Å². The van der Waals surface area contributed by atoms with E-state index in [9.17, 15) is 29.2 Å². The Hall–Kier alpha value is 1.80. The zero-order chi connectivity index (χ0) is 9.94. The number of carbonyl (C=O) groups excluding carboxylic acids is 3. The molecule has 0 saturated carbocycles. The molecule has 0 fully saturated rings. The Morgan fingerprint density at radius 2 is 1.40 bits per heavy atom. The Morgan fingerprint density at radius 1 is 1.07 bits per heavy atom. The number of carbonyl (C=O) groups is 3. The van der Waals surface area contributed by atoms with Crippen molar-refractivity contribution in [3.05, 3.63) is 0 Å². The third kappa shape index (κ3) is 10.7. The molecule has 1 unspecified atom stereocenters. The Kier molecular flexibility index (Phi) is 18.6. The first kappa shape index (κ1) is 25.6. The van der Waals surface area contributed by atoms with Gasteiger partial charge < -0.3 is 24.7 Å². The van der Waals surface area contributed by atoms with Crippen LogP contribution in [0.2, 0.25) is 0 Å². The quantitative estimate of drug-likeness (QED) is 0.302. The average molecular weight is 263 g/mol. The van der Waals surface area contributed by atoms with Gasteiger partial charge in [0.15, 0.2) is 5.78 Å². The maximum Gasteiger partial charge on any atom is 1.00 e. The van der Waals surface area contributed by atoms with Crippen molar-refractivity contribution in [2.75, 3.05) is 6.16 Å². The Morgan fingerprint density at radius 3 is 1.60 bits per heavy atom. The van der Waals surface area contributed by atoms with Crippen molar-refractivity contribution in [1.29, 1.82) is 0 Å². The Labute approximate surface area is 151 Å². The predicted octanol–water partition coefficient (Wildman–Crippen LogP) is -12.1. The topological polar surface area (TPSA) is 135 Å². The van der Waals surface area contributed by atoms with Crippen molar-refractivity contribution < 1.29 is 123 Å². The summed E-state index contributed by atoms with van der Waals surface area (Å²) in [5.41, 5.74) is -2.35. The van der Waals surface area contributed by atoms with Gasteiger partial charge in [0.05, 0.1) is 6.16 Å². The largest absolute Gasteiger partial charge is 1.00 e. The maximum atomic E-state index is 10.4. The van der Waals surface area contributed by atoms with Crippen molar-refractivity contribution in [3.63, 3.8) is 0 Å². The summed E-state index contributed by atoms with van der Waals surface area (Å²) >= 11 is 0. The Bertz CT molecular complexity index is 290. The monoisotopic (exact) mass is 263 g/mol. The second-order valence-electron chi connectivity index (χ2n) is 1.84. The summed E-state index contributed by atoms with van der Waals surface area (Å²) in [5.74, 6) is -3.95. The van der Waals surface area contributed by atoms with Crippen molar-refractivity contribution >= 4 is 24.8 Å². The first-order chi connectivity index (χ1) is 5.27. The van der Waals surface area contributed by atoms with E-state index in [1.807, 2.05) is 0 Å². The fraction of sp³-hybridized carbons (Fsp3) is 0.250. The molecule has 15 heavy (non-hydrogen) atoms. The summed E-state index contributed by atoms with van der Waals surface area (Å²) in [7, 11) is -4.84. The van der Waals surface area contributed by atoms with Crippen LogP contribution < -0.4 is 98.9 Å². The molecule has 0 aromatic rings. The van der Waals surface area contributed by atoms with Crippen LogP contribution >= 0.6 is 7.37 Å². The van der Waals surface area contributed by atoms with Crippen molar-refractivity contribution in [2.45, 2.75) is 0 Å². The fourth-order valence-electron chi connectivity index (χ4n) is 0.324. The van der Waals surface area contributed by atoms with Gasteiger partial charge in [-0.25, -0.2) is 0 Å². The summed E-state index contributed by atoms with van der Waals surface area (Å²) in [5, 5.41) is 19.5. The van der Waals surface area contributed by atoms with E-state index in [4.69, 9.17) is 4.89 Å². The van der Waals surface area contributed by atoms with Crippen LogP contribution in [0.4, 0.5) is 4.79 Å². The summed E-state index contributed by atoms with van der Waals surface area (Å²) in [6.45, 7) is 0. The van der Waals surface area contributed by atoms with Gasteiger partial charge >= 0.3 is 88.7 Å². The molecule has 0 bridgehead atoms. The number of ketones is 1. The number of hydrogen-bond donors (Lipinski definition) is 1. The van der Waals surface area contributed by atoms with E-state index in [-0.39, 0.29) is 88.7 Å². The minimum atomic E-state index is -4.84. The predicted molar refractivity (Wildman–Crippen MR) is 30.1 cm³/mol. The zero-order valence-electron chi connectivity index (χ0n) is 8.55. The van der Waals surface area contributed by atoms with Gasteiger partial charge in [0.2, 0.25) is 0 Å². The number of carboxylic acid groups (broad SMARTS) is 2. The number of Topliss-reactive ketones (excluding diaryl/α,β-unsaturated/α-hetero) is 1. The molecule has 1 atom stereocenters. The molecule has 0 aliphatic heterocycles. The standard InChI is InChI=1S/C4H5O7P.3Na/c5-2(3(6)7)1-12(10,11)4(8)9;;;/h1H2,(H,6,7)(H,8,9)(H,10,11);;;/q;3*+1/p-2. The van der Waals surface area contributed by atoms with Crippen molar-refractivity contribution in [1.82, 2.24) is 0 Å². The maximum absolute atomic E-state index is 10.4. The number of carboxylic acids is 1. The smallest absolute Gasteiger partial charge is 0.542 e. The third-order valence-electron chi connectivity index (χ3n) is 0.871. The second-order valence-corrected chi connectivity index (χ2v) is 3.92. The van der Waals surface area contributed by atoms with E-state index in [0.29, 0.717) is 0 Å². The summed E-state index contributed by atoms with van der Waals surface area (Å²) in [4.78, 5) is 38.1. The molecule has 0 spiro atoms. The van der Waals surface area contributed by atoms with E-state index >= 15 is 0 Å². The van der Waals surface area contributed by atoms with E-state index in [2.05, 4.69) is 0 Å². The second kappa shape index (κ2) is 10.9. The molecule has 0 saturated heterocycles.